The second kappa shape index (κ2) is 8.32. The van der Waals surface area contributed by atoms with E-state index in [2.05, 4.69) is 15.8 Å². The molecule has 0 aliphatic carbocycles. The van der Waals surface area contributed by atoms with E-state index in [9.17, 15) is 9.59 Å². The van der Waals surface area contributed by atoms with E-state index in [1.165, 1.54) is 0 Å². The average Bonchev–Trinajstić information content (AvgIpc) is 2.97. The van der Waals surface area contributed by atoms with E-state index in [1.54, 1.807) is 31.7 Å². The standard InChI is InChI=1S/C18H24N4O3/c1-5-22(14(4)23)11-15-7-6-8-16(10-15)19-13(3)18(24)20-17-9-12(2)25-21-17/h6-10,13,19H,5,11H2,1-4H3,(H,20,21,24)/t13-/m1/s1. The first-order valence-corrected chi connectivity index (χ1v) is 8.24. The maximum atomic E-state index is 12.2. The molecule has 0 unspecified atom stereocenters. The molecule has 0 saturated carbocycles. The summed E-state index contributed by atoms with van der Waals surface area (Å²) in [5.74, 6) is 0.855. The molecule has 2 amide bonds. The lowest BCUT2D eigenvalue weighted by molar-refractivity contribution is -0.129. The number of amides is 2. The number of nitrogens with one attached hydrogen (secondary N) is 2. The van der Waals surface area contributed by atoms with Crippen LogP contribution >= 0.6 is 0 Å². The van der Waals surface area contributed by atoms with Crippen molar-refractivity contribution in [1.29, 1.82) is 0 Å². The highest BCUT2D eigenvalue weighted by Gasteiger charge is 2.15. The number of carbonyl (C=O) groups is 2. The molecule has 2 rings (SSSR count). The molecule has 1 atom stereocenters. The van der Waals surface area contributed by atoms with Gasteiger partial charge in [0.25, 0.3) is 0 Å². The fourth-order valence-corrected chi connectivity index (χ4v) is 2.40. The van der Waals surface area contributed by atoms with Gasteiger partial charge < -0.3 is 20.1 Å². The van der Waals surface area contributed by atoms with Gasteiger partial charge in [-0.15, -0.1) is 0 Å². The highest BCUT2D eigenvalue weighted by Crippen LogP contribution is 2.15. The van der Waals surface area contributed by atoms with Gasteiger partial charge in [-0.3, -0.25) is 9.59 Å². The summed E-state index contributed by atoms with van der Waals surface area (Å²) in [6.07, 6.45) is 0. The molecule has 134 valence electrons. The van der Waals surface area contributed by atoms with E-state index < -0.39 is 6.04 Å². The molecule has 7 heteroatoms. The van der Waals surface area contributed by atoms with Crippen LogP contribution in [0.25, 0.3) is 0 Å². The molecule has 0 spiro atoms. The van der Waals surface area contributed by atoms with E-state index in [4.69, 9.17) is 4.52 Å². The summed E-state index contributed by atoms with van der Waals surface area (Å²) < 4.78 is 4.93. The number of hydrogen-bond acceptors (Lipinski definition) is 5. The quantitative estimate of drug-likeness (QED) is 0.806. The molecule has 2 aromatic rings. The molecule has 0 fully saturated rings. The van der Waals surface area contributed by atoms with Crippen LogP contribution in [0.15, 0.2) is 34.9 Å². The lowest BCUT2D eigenvalue weighted by atomic mass is 10.1. The van der Waals surface area contributed by atoms with E-state index in [1.807, 2.05) is 31.2 Å². The van der Waals surface area contributed by atoms with Crippen molar-refractivity contribution in [1.82, 2.24) is 10.1 Å². The van der Waals surface area contributed by atoms with Crippen LogP contribution in [0.2, 0.25) is 0 Å². The van der Waals surface area contributed by atoms with Gasteiger partial charge >= 0.3 is 0 Å². The Labute approximate surface area is 147 Å². The third kappa shape index (κ3) is 5.34. The lowest BCUT2D eigenvalue weighted by Crippen LogP contribution is -2.32. The number of anilines is 2. The Bertz CT molecular complexity index is 741. The molecule has 0 radical (unpaired) electrons. The Kier molecular flexibility index (Phi) is 6.16. The van der Waals surface area contributed by atoms with Crippen LogP contribution in [0, 0.1) is 6.92 Å². The number of benzene rings is 1. The Hall–Kier alpha value is -2.83. The summed E-state index contributed by atoms with van der Waals surface area (Å²) in [4.78, 5) is 25.5. The van der Waals surface area contributed by atoms with Crippen LogP contribution in [0.4, 0.5) is 11.5 Å². The molecule has 1 aromatic heterocycles. The van der Waals surface area contributed by atoms with Crippen molar-refractivity contribution in [3.8, 4) is 0 Å². The largest absolute Gasteiger partial charge is 0.374 e. The van der Waals surface area contributed by atoms with Crippen LogP contribution < -0.4 is 10.6 Å². The Balaban J connectivity index is 1.98. The summed E-state index contributed by atoms with van der Waals surface area (Å²) in [6.45, 7) is 8.23. The minimum absolute atomic E-state index is 0.0384. The van der Waals surface area contributed by atoms with Crippen molar-refractivity contribution in [2.75, 3.05) is 17.2 Å². The van der Waals surface area contributed by atoms with Gasteiger partial charge in [0, 0.05) is 31.8 Å². The number of carbonyl (C=O) groups excluding carboxylic acids is 2. The molecule has 7 nitrogen and oxygen atoms in total. The molecule has 0 saturated heterocycles. The van der Waals surface area contributed by atoms with Gasteiger partial charge in [-0.2, -0.15) is 0 Å². The number of nitrogens with zero attached hydrogens (tertiary/aromatic N) is 2. The summed E-state index contributed by atoms with van der Waals surface area (Å²) in [5, 5.41) is 9.60. The predicted molar refractivity (Wildman–Crippen MR) is 96.2 cm³/mol. The third-order valence-corrected chi connectivity index (χ3v) is 3.78. The Morgan fingerprint density at radius 1 is 1.32 bits per heavy atom. The van der Waals surface area contributed by atoms with Gasteiger partial charge in [0.05, 0.1) is 0 Å². The number of aryl methyl sites for hydroxylation is 1. The van der Waals surface area contributed by atoms with Gasteiger partial charge in [0.15, 0.2) is 5.82 Å². The molecule has 0 bridgehead atoms. The average molecular weight is 344 g/mol. The highest BCUT2D eigenvalue weighted by molar-refractivity contribution is 5.95. The lowest BCUT2D eigenvalue weighted by Gasteiger charge is -2.20. The van der Waals surface area contributed by atoms with Crippen molar-refractivity contribution < 1.29 is 14.1 Å². The minimum atomic E-state index is -0.456. The van der Waals surface area contributed by atoms with E-state index in [0.29, 0.717) is 24.7 Å². The summed E-state index contributed by atoms with van der Waals surface area (Å²) >= 11 is 0. The smallest absolute Gasteiger partial charge is 0.247 e. The summed E-state index contributed by atoms with van der Waals surface area (Å²) in [5.41, 5.74) is 1.82. The van der Waals surface area contributed by atoms with Gasteiger partial charge in [-0.05, 0) is 38.5 Å². The van der Waals surface area contributed by atoms with Gasteiger partial charge in [0.2, 0.25) is 11.8 Å². The van der Waals surface area contributed by atoms with Gasteiger partial charge in [-0.25, -0.2) is 0 Å². The molecule has 1 aromatic carbocycles. The second-order valence-electron chi connectivity index (χ2n) is 5.91. The molecular weight excluding hydrogens is 320 g/mol. The first kappa shape index (κ1) is 18.5. The fourth-order valence-electron chi connectivity index (χ4n) is 2.40. The zero-order valence-corrected chi connectivity index (χ0v) is 15.0. The van der Waals surface area contributed by atoms with E-state index in [0.717, 1.165) is 11.3 Å². The fraction of sp³-hybridized carbons (Fsp3) is 0.389. The van der Waals surface area contributed by atoms with Gasteiger partial charge in [-0.1, -0.05) is 17.3 Å². The van der Waals surface area contributed by atoms with Crippen molar-refractivity contribution >= 4 is 23.3 Å². The summed E-state index contributed by atoms with van der Waals surface area (Å²) in [6, 6.07) is 8.89. The van der Waals surface area contributed by atoms with E-state index >= 15 is 0 Å². The normalized spacial score (nSPS) is 11.7. The van der Waals surface area contributed by atoms with Crippen molar-refractivity contribution in [3.05, 3.63) is 41.7 Å². The number of aromatic nitrogens is 1. The van der Waals surface area contributed by atoms with Gasteiger partial charge in [0.1, 0.15) is 11.8 Å². The second-order valence-corrected chi connectivity index (χ2v) is 5.91. The van der Waals surface area contributed by atoms with Crippen molar-refractivity contribution in [2.45, 2.75) is 40.3 Å². The molecule has 0 aliphatic rings. The Morgan fingerprint density at radius 2 is 2.08 bits per heavy atom. The van der Waals surface area contributed by atoms with Crippen LogP contribution in [0.5, 0.6) is 0 Å². The molecule has 0 aliphatic heterocycles. The van der Waals surface area contributed by atoms with E-state index in [-0.39, 0.29) is 11.8 Å². The molecule has 1 heterocycles. The van der Waals surface area contributed by atoms with Crippen LogP contribution in [0.3, 0.4) is 0 Å². The van der Waals surface area contributed by atoms with Crippen LogP contribution in [-0.4, -0.2) is 34.5 Å². The molecule has 2 N–H and O–H groups in total. The van der Waals surface area contributed by atoms with Crippen LogP contribution in [0.1, 0.15) is 32.1 Å². The molecule has 25 heavy (non-hydrogen) atoms. The number of hydrogen-bond donors (Lipinski definition) is 2. The Morgan fingerprint density at radius 3 is 2.68 bits per heavy atom. The van der Waals surface area contributed by atoms with Crippen molar-refractivity contribution in [2.24, 2.45) is 0 Å². The van der Waals surface area contributed by atoms with Crippen molar-refractivity contribution in [3.63, 3.8) is 0 Å². The SMILES string of the molecule is CCN(Cc1cccc(N[C@H](C)C(=O)Nc2cc(C)on2)c1)C(C)=O. The maximum Gasteiger partial charge on any atom is 0.247 e. The first-order chi connectivity index (χ1) is 11.9. The zero-order valence-electron chi connectivity index (χ0n) is 15.0. The summed E-state index contributed by atoms with van der Waals surface area (Å²) in [7, 11) is 0. The number of rotatable bonds is 7. The minimum Gasteiger partial charge on any atom is -0.374 e. The maximum absolute atomic E-state index is 12.2. The predicted octanol–water partition coefficient (Wildman–Crippen LogP) is 2.79. The highest BCUT2D eigenvalue weighted by atomic mass is 16.5. The molecular formula is C18H24N4O3. The first-order valence-electron chi connectivity index (χ1n) is 8.24. The van der Waals surface area contributed by atoms with Crippen LogP contribution in [-0.2, 0) is 16.1 Å². The monoisotopic (exact) mass is 344 g/mol. The third-order valence-electron chi connectivity index (χ3n) is 3.78. The topological polar surface area (TPSA) is 87.5 Å². The zero-order chi connectivity index (χ0) is 18.4.